The molecule has 26 heavy (non-hydrogen) atoms. The third-order valence-corrected chi connectivity index (χ3v) is 5.07. The molecule has 1 N–H and O–H groups in total. The van der Waals surface area contributed by atoms with Gasteiger partial charge in [0.1, 0.15) is 0 Å². The number of alkyl halides is 3. The number of hydrogen-bond acceptors (Lipinski definition) is 3. The largest absolute Gasteiger partial charge is 0.416 e. The number of piperazine rings is 1. The lowest BCUT2D eigenvalue weighted by Crippen LogP contribution is -2.44. The lowest BCUT2D eigenvalue weighted by molar-refractivity contribution is -0.137. The number of allylic oxidation sites excluding steroid dienone is 2. The van der Waals surface area contributed by atoms with Crippen molar-refractivity contribution in [2.24, 2.45) is 5.92 Å². The van der Waals surface area contributed by atoms with Gasteiger partial charge >= 0.3 is 6.18 Å². The highest BCUT2D eigenvalue weighted by Gasteiger charge is 2.32. The van der Waals surface area contributed by atoms with Crippen LogP contribution in [0.2, 0.25) is 0 Å². The molecule has 0 radical (unpaired) electrons. The van der Waals surface area contributed by atoms with E-state index in [0.717, 1.165) is 51.2 Å². The number of benzene rings is 1. The number of nitrogens with zero attached hydrogens (tertiary/aromatic N) is 2. The maximum absolute atomic E-state index is 13.1. The number of hydrogen-bond donors (Lipinski definition) is 1. The van der Waals surface area contributed by atoms with E-state index in [1.54, 1.807) is 0 Å². The molecule has 3 rings (SSSR count). The summed E-state index contributed by atoms with van der Waals surface area (Å²) in [5.41, 5.74) is 0.170. The molecule has 0 saturated carbocycles. The molecule has 7 heteroatoms. The molecule has 2 aliphatic rings. The Morgan fingerprint density at radius 2 is 1.88 bits per heavy atom. The van der Waals surface area contributed by atoms with E-state index in [2.05, 4.69) is 10.2 Å². The number of halogens is 3. The Hall–Kier alpha value is -2.02. The van der Waals surface area contributed by atoms with Gasteiger partial charge in [-0.25, -0.2) is 0 Å². The molecule has 1 atom stereocenters. The summed E-state index contributed by atoms with van der Waals surface area (Å²) in [5.74, 6) is -0.390. The Bertz CT molecular complexity index is 679. The van der Waals surface area contributed by atoms with Gasteiger partial charge in [0.05, 0.1) is 16.9 Å². The average Bonchev–Trinajstić information content (AvgIpc) is 2.62. The van der Waals surface area contributed by atoms with E-state index in [4.69, 9.17) is 0 Å². The van der Waals surface area contributed by atoms with Crippen molar-refractivity contribution in [2.75, 3.05) is 43.4 Å². The van der Waals surface area contributed by atoms with Gasteiger partial charge in [-0.15, -0.1) is 0 Å². The lowest BCUT2D eigenvalue weighted by Gasteiger charge is -2.35. The Kier molecular flexibility index (Phi) is 5.55. The number of likely N-dealkylation sites (N-methyl/N-ethyl adjacent to an activating group) is 1. The van der Waals surface area contributed by atoms with Crippen LogP contribution in [0.25, 0.3) is 0 Å². The van der Waals surface area contributed by atoms with E-state index in [-0.39, 0.29) is 17.5 Å². The molecule has 4 nitrogen and oxygen atoms in total. The highest BCUT2D eigenvalue weighted by atomic mass is 19.4. The van der Waals surface area contributed by atoms with Gasteiger partial charge in [-0.3, -0.25) is 4.79 Å². The molecule has 1 fully saturated rings. The van der Waals surface area contributed by atoms with E-state index in [9.17, 15) is 18.0 Å². The molecule has 142 valence electrons. The third-order valence-electron chi connectivity index (χ3n) is 5.07. The van der Waals surface area contributed by atoms with E-state index in [0.29, 0.717) is 12.1 Å². The molecule has 0 bridgehead atoms. The van der Waals surface area contributed by atoms with Gasteiger partial charge in [0.2, 0.25) is 5.91 Å². The number of carbonyl (C=O) groups is 1. The molecule has 0 unspecified atom stereocenters. The normalized spacial score (nSPS) is 21.7. The fourth-order valence-electron chi connectivity index (χ4n) is 3.40. The molecule has 1 aromatic rings. The zero-order valence-electron chi connectivity index (χ0n) is 14.9. The highest BCUT2D eigenvalue weighted by molar-refractivity contribution is 5.96. The molecular weight excluding hydrogens is 343 g/mol. The summed E-state index contributed by atoms with van der Waals surface area (Å²) in [7, 11) is 2.02. The van der Waals surface area contributed by atoms with Gasteiger partial charge in [-0.05, 0) is 44.5 Å². The number of amides is 1. The SMILES string of the molecule is CN1CCN(c2ccc(C(F)(F)F)cc2NC(=O)[C@@H]2CC=CCC2)CC1. The van der Waals surface area contributed by atoms with Gasteiger partial charge < -0.3 is 15.1 Å². The quantitative estimate of drug-likeness (QED) is 0.827. The highest BCUT2D eigenvalue weighted by Crippen LogP contribution is 2.36. The molecular formula is C19H24F3N3O. The van der Waals surface area contributed by atoms with Gasteiger partial charge in [0, 0.05) is 32.1 Å². The summed E-state index contributed by atoms with van der Waals surface area (Å²) in [5, 5.41) is 2.77. The second-order valence-electron chi connectivity index (χ2n) is 6.99. The zero-order valence-corrected chi connectivity index (χ0v) is 14.9. The second-order valence-corrected chi connectivity index (χ2v) is 6.99. The predicted molar refractivity (Wildman–Crippen MR) is 96.3 cm³/mol. The van der Waals surface area contributed by atoms with Crippen LogP contribution in [0, 0.1) is 5.92 Å². The smallest absolute Gasteiger partial charge is 0.367 e. The van der Waals surface area contributed by atoms with E-state index < -0.39 is 11.7 Å². The fraction of sp³-hybridized carbons (Fsp3) is 0.526. The maximum atomic E-state index is 13.1. The minimum atomic E-state index is -4.44. The van der Waals surface area contributed by atoms with Crippen molar-refractivity contribution in [1.82, 2.24) is 4.90 Å². The zero-order chi connectivity index (χ0) is 18.7. The molecule has 1 saturated heterocycles. The van der Waals surface area contributed by atoms with Gasteiger partial charge in [-0.1, -0.05) is 12.2 Å². The van der Waals surface area contributed by atoms with Crippen molar-refractivity contribution in [2.45, 2.75) is 25.4 Å². The van der Waals surface area contributed by atoms with Crippen molar-refractivity contribution < 1.29 is 18.0 Å². The fourth-order valence-corrected chi connectivity index (χ4v) is 3.40. The summed E-state index contributed by atoms with van der Waals surface area (Å²) in [4.78, 5) is 16.8. The van der Waals surface area contributed by atoms with Crippen molar-refractivity contribution in [3.8, 4) is 0 Å². The van der Waals surface area contributed by atoms with Crippen LogP contribution in [0.4, 0.5) is 24.5 Å². The Balaban J connectivity index is 1.86. The van der Waals surface area contributed by atoms with Gasteiger partial charge in [-0.2, -0.15) is 13.2 Å². The lowest BCUT2D eigenvalue weighted by atomic mass is 9.93. The monoisotopic (exact) mass is 367 g/mol. The number of rotatable bonds is 3. The third kappa shape index (κ3) is 4.38. The van der Waals surface area contributed by atoms with Crippen LogP contribution in [0.5, 0.6) is 0 Å². The van der Waals surface area contributed by atoms with E-state index in [1.165, 1.54) is 6.07 Å². The Morgan fingerprint density at radius 1 is 1.15 bits per heavy atom. The standard InChI is InChI=1S/C19H24F3N3O/c1-24-9-11-25(12-10-24)17-8-7-15(19(20,21)22)13-16(17)23-18(26)14-5-3-2-4-6-14/h2-3,7-8,13-14H,4-6,9-12H2,1H3,(H,23,26)/t14-/m1/s1. The van der Waals surface area contributed by atoms with Gasteiger partial charge in [0.25, 0.3) is 0 Å². The molecule has 1 heterocycles. The van der Waals surface area contributed by atoms with E-state index >= 15 is 0 Å². The van der Waals surface area contributed by atoms with Crippen LogP contribution >= 0.6 is 0 Å². The van der Waals surface area contributed by atoms with Crippen LogP contribution < -0.4 is 10.2 Å². The van der Waals surface area contributed by atoms with Crippen molar-refractivity contribution in [1.29, 1.82) is 0 Å². The van der Waals surface area contributed by atoms with Crippen molar-refractivity contribution in [3.63, 3.8) is 0 Å². The topological polar surface area (TPSA) is 35.6 Å². The molecule has 1 aliphatic heterocycles. The van der Waals surface area contributed by atoms with E-state index in [1.807, 2.05) is 24.1 Å². The van der Waals surface area contributed by atoms with Crippen LogP contribution in [0.1, 0.15) is 24.8 Å². The van der Waals surface area contributed by atoms with Crippen LogP contribution in [-0.4, -0.2) is 44.0 Å². The van der Waals surface area contributed by atoms with Gasteiger partial charge in [0.15, 0.2) is 0 Å². The minimum absolute atomic E-state index is 0.185. The average molecular weight is 367 g/mol. The summed E-state index contributed by atoms with van der Waals surface area (Å²) < 4.78 is 39.4. The minimum Gasteiger partial charge on any atom is -0.367 e. The number of carbonyl (C=O) groups excluding carboxylic acids is 1. The van der Waals surface area contributed by atoms with Crippen molar-refractivity contribution in [3.05, 3.63) is 35.9 Å². The van der Waals surface area contributed by atoms with Crippen LogP contribution in [0.15, 0.2) is 30.4 Å². The molecule has 0 spiro atoms. The summed E-state index contributed by atoms with van der Waals surface area (Å²) in [6, 6.07) is 3.63. The first kappa shape index (κ1) is 18.8. The predicted octanol–water partition coefficient (Wildman–Crippen LogP) is 3.75. The molecule has 1 amide bonds. The maximum Gasteiger partial charge on any atom is 0.416 e. The first-order chi connectivity index (χ1) is 12.3. The second kappa shape index (κ2) is 7.70. The Morgan fingerprint density at radius 3 is 2.50 bits per heavy atom. The molecule has 1 aliphatic carbocycles. The summed E-state index contributed by atoms with van der Waals surface area (Å²) >= 11 is 0. The van der Waals surface area contributed by atoms with Crippen LogP contribution in [0.3, 0.4) is 0 Å². The number of anilines is 2. The summed E-state index contributed by atoms with van der Waals surface area (Å²) in [6.45, 7) is 3.11. The number of nitrogens with one attached hydrogen (secondary N) is 1. The first-order valence-corrected chi connectivity index (χ1v) is 8.95. The summed E-state index contributed by atoms with van der Waals surface area (Å²) in [6.07, 6.45) is 1.74. The first-order valence-electron chi connectivity index (χ1n) is 8.95. The molecule has 1 aromatic carbocycles. The van der Waals surface area contributed by atoms with Crippen LogP contribution in [-0.2, 0) is 11.0 Å². The van der Waals surface area contributed by atoms with Crippen molar-refractivity contribution >= 4 is 17.3 Å². The molecule has 0 aromatic heterocycles. The Labute approximate surface area is 151 Å².